The summed E-state index contributed by atoms with van der Waals surface area (Å²) in [5.41, 5.74) is 3.39. The van der Waals surface area contributed by atoms with Crippen molar-refractivity contribution in [2.45, 2.75) is 30.7 Å². The first-order valence-electron chi connectivity index (χ1n) is 12.0. The van der Waals surface area contributed by atoms with Gasteiger partial charge in [0.2, 0.25) is 0 Å². The Kier molecular flexibility index (Phi) is 7.38. The third kappa shape index (κ3) is 5.11. The predicted molar refractivity (Wildman–Crippen MR) is 146 cm³/mol. The number of nitrogens with zero attached hydrogens (tertiary/aromatic N) is 7. The number of pyridine rings is 1. The van der Waals surface area contributed by atoms with Gasteiger partial charge in [-0.1, -0.05) is 6.08 Å². The summed E-state index contributed by atoms with van der Waals surface area (Å²) in [6, 6.07) is 3.59. The molecule has 0 saturated carbocycles. The number of thioether (sulfide) groups is 1. The second-order valence-corrected chi connectivity index (χ2v) is 10.8. The first-order valence-corrected chi connectivity index (χ1v) is 13.9. The summed E-state index contributed by atoms with van der Waals surface area (Å²) in [5.74, 6) is 0.634. The van der Waals surface area contributed by atoms with Crippen molar-refractivity contribution in [3.05, 3.63) is 75.0 Å². The molecule has 4 aromatic heterocycles. The number of nitrogens with one attached hydrogen (secondary N) is 1. The lowest BCUT2D eigenvalue weighted by molar-refractivity contribution is 0.0708. The molecule has 38 heavy (non-hydrogen) atoms. The summed E-state index contributed by atoms with van der Waals surface area (Å²) < 4.78 is 2.63. The highest BCUT2D eigenvalue weighted by Crippen LogP contribution is 2.31. The largest absolute Gasteiger partial charge is 0.339 e. The van der Waals surface area contributed by atoms with E-state index < -0.39 is 11.5 Å². The van der Waals surface area contributed by atoms with Gasteiger partial charge in [-0.05, 0) is 31.9 Å². The highest BCUT2D eigenvalue weighted by Gasteiger charge is 2.28. The minimum Gasteiger partial charge on any atom is -0.339 e. The first kappa shape index (κ1) is 25.8. The maximum absolute atomic E-state index is 13.2. The maximum atomic E-state index is 13.2. The van der Waals surface area contributed by atoms with Crippen LogP contribution in [0.5, 0.6) is 0 Å². The van der Waals surface area contributed by atoms with E-state index in [-0.39, 0.29) is 17.5 Å². The van der Waals surface area contributed by atoms with Crippen LogP contribution in [-0.2, 0) is 7.05 Å². The van der Waals surface area contributed by atoms with Crippen molar-refractivity contribution < 1.29 is 9.59 Å². The molecule has 5 rings (SSSR count). The Labute approximate surface area is 226 Å². The molecule has 0 radical (unpaired) electrons. The molecule has 0 atom stereocenters. The van der Waals surface area contributed by atoms with Gasteiger partial charge in [-0.15, -0.1) is 29.7 Å². The predicted octanol–water partition coefficient (Wildman–Crippen LogP) is 2.97. The number of thiazole rings is 1. The topological polar surface area (TPSA) is 128 Å². The van der Waals surface area contributed by atoms with Crippen LogP contribution < -0.4 is 11.0 Å². The third-order valence-corrected chi connectivity index (χ3v) is 8.28. The van der Waals surface area contributed by atoms with Crippen LogP contribution in [0.15, 0.2) is 52.4 Å². The zero-order valence-electron chi connectivity index (χ0n) is 21.0. The van der Waals surface area contributed by atoms with Gasteiger partial charge in [0, 0.05) is 49.6 Å². The van der Waals surface area contributed by atoms with Gasteiger partial charge in [0.15, 0.2) is 5.65 Å². The molecule has 0 spiro atoms. The number of fused-ring (bicyclic) bond motifs is 1. The Balaban J connectivity index is 1.24. The van der Waals surface area contributed by atoms with E-state index in [0.29, 0.717) is 46.3 Å². The molecular weight excluding hydrogens is 524 g/mol. The summed E-state index contributed by atoms with van der Waals surface area (Å²) in [6.45, 7) is 6.55. The average molecular weight is 551 g/mol. The normalized spacial score (nSPS) is 14.1. The van der Waals surface area contributed by atoms with Crippen LogP contribution in [0.3, 0.4) is 0 Å². The molecule has 1 fully saturated rings. The molecule has 11 nitrogen and oxygen atoms in total. The van der Waals surface area contributed by atoms with Crippen molar-refractivity contribution in [2.75, 3.05) is 24.3 Å². The van der Waals surface area contributed by atoms with E-state index in [1.807, 2.05) is 11.0 Å². The van der Waals surface area contributed by atoms with Gasteiger partial charge in [0.05, 0.1) is 10.6 Å². The Morgan fingerprint density at radius 3 is 2.84 bits per heavy atom. The van der Waals surface area contributed by atoms with E-state index in [9.17, 15) is 14.4 Å². The molecule has 1 saturated heterocycles. The lowest BCUT2D eigenvalue weighted by atomic mass is 9.97. The van der Waals surface area contributed by atoms with Gasteiger partial charge in [0.1, 0.15) is 21.9 Å². The van der Waals surface area contributed by atoms with Crippen LogP contribution in [-0.4, -0.2) is 65.0 Å². The molecular formula is C25H26N8O3S2. The van der Waals surface area contributed by atoms with Gasteiger partial charge in [-0.2, -0.15) is 5.10 Å². The van der Waals surface area contributed by atoms with Crippen molar-refractivity contribution in [3.8, 4) is 0 Å². The molecule has 13 heteroatoms. The van der Waals surface area contributed by atoms with Crippen molar-refractivity contribution >= 4 is 45.9 Å². The molecule has 1 N–H and O–H groups in total. The summed E-state index contributed by atoms with van der Waals surface area (Å²) in [7, 11) is 1.70. The molecule has 1 aliphatic heterocycles. The van der Waals surface area contributed by atoms with Crippen LogP contribution in [0.4, 0.5) is 0 Å². The molecule has 4 aromatic rings. The third-order valence-electron chi connectivity index (χ3n) is 6.27. The minimum atomic E-state index is -0.489. The van der Waals surface area contributed by atoms with Gasteiger partial charge in [-0.3, -0.25) is 24.5 Å². The molecule has 0 aliphatic carbocycles. The number of hydrogen-bond donors (Lipinski definition) is 1. The van der Waals surface area contributed by atoms with Crippen molar-refractivity contribution in [1.29, 1.82) is 0 Å². The maximum Gasteiger partial charge on any atom is 0.289 e. The van der Waals surface area contributed by atoms with Gasteiger partial charge in [-0.25, -0.2) is 19.6 Å². The highest BCUT2D eigenvalue weighted by molar-refractivity contribution is 7.99. The van der Waals surface area contributed by atoms with Crippen LogP contribution in [0, 0.1) is 6.92 Å². The Morgan fingerprint density at radius 1 is 1.29 bits per heavy atom. The summed E-state index contributed by atoms with van der Waals surface area (Å²) in [4.78, 5) is 54.0. The molecule has 0 aromatic carbocycles. The zero-order chi connectivity index (χ0) is 26.8. The van der Waals surface area contributed by atoms with Gasteiger partial charge >= 0.3 is 0 Å². The Morgan fingerprint density at radius 2 is 2.08 bits per heavy atom. The number of amides is 2. The molecule has 1 aliphatic rings. The van der Waals surface area contributed by atoms with Crippen LogP contribution >= 0.6 is 23.1 Å². The fraction of sp³-hybridized carbons (Fsp3) is 0.320. The van der Waals surface area contributed by atoms with E-state index in [1.54, 1.807) is 43.9 Å². The van der Waals surface area contributed by atoms with E-state index in [0.717, 1.165) is 22.5 Å². The van der Waals surface area contributed by atoms with Gasteiger partial charge < -0.3 is 4.90 Å². The molecule has 0 bridgehead atoms. The van der Waals surface area contributed by atoms with E-state index in [2.05, 4.69) is 32.1 Å². The fourth-order valence-electron chi connectivity index (χ4n) is 4.36. The second kappa shape index (κ2) is 10.9. The van der Waals surface area contributed by atoms with Crippen LogP contribution in [0.1, 0.15) is 50.4 Å². The quantitative estimate of drug-likeness (QED) is 0.275. The number of carbonyl (C=O) groups excluding carboxylic acids is 2. The molecule has 2 amide bonds. The van der Waals surface area contributed by atoms with Crippen LogP contribution in [0.2, 0.25) is 0 Å². The number of likely N-dealkylation sites (tertiary alicyclic amines) is 1. The van der Waals surface area contributed by atoms with Crippen molar-refractivity contribution in [3.63, 3.8) is 0 Å². The average Bonchev–Trinajstić information content (AvgIpc) is 3.56. The summed E-state index contributed by atoms with van der Waals surface area (Å²) in [6.07, 6.45) is 6.54. The lowest BCUT2D eigenvalue weighted by Crippen LogP contribution is -2.38. The minimum absolute atomic E-state index is 0.0256. The van der Waals surface area contributed by atoms with E-state index in [1.165, 1.54) is 27.8 Å². The van der Waals surface area contributed by atoms with E-state index >= 15 is 0 Å². The number of aromatic nitrogens is 6. The SMILES string of the molecule is C=CCSc1ncccc1C(=O)N1CCC(c2nc(C(=O)Nn3c(C)nc4nn(C)cc4c3=O)cs2)CC1. The lowest BCUT2D eigenvalue weighted by Gasteiger charge is -2.31. The van der Waals surface area contributed by atoms with Gasteiger partial charge in [0.25, 0.3) is 17.4 Å². The Hall–Kier alpha value is -3.84. The van der Waals surface area contributed by atoms with Crippen molar-refractivity contribution in [1.82, 2.24) is 34.3 Å². The summed E-state index contributed by atoms with van der Waals surface area (Å²) in [5, 5.41) is 7.72. The molecule has 5 heterocycles. The van der Waals surface area contributed by atoms with Crippen molar-refractivity contribution in [2.24, 2.45) is 7.05 Å². The van der Waals surface area contributed by atoms with E-state index in [4.69, 9.17) is 0 Å². The number of piperidine rings is 1. The monoisotopic (exact) mass is 550 g/mol. The number of aryl methyl sites for hydroxylation is 2. The molecule has 0 unspecified atom stereocenters. The number of hydrogen-bond acceptors (Lipinski definition) is 9. The highest BCUT2D eigenvalue weighted by atomic mass is 32.2. The number of rotatable bonds is 7. The second-order valence-electron chi connectivity index (χ2n) is 8.87. The summed E-state index contributed by atoms with van der Waals surface area (Å²) >= 11 is 2.91. The standard InChI is InChI=1S/C25H26N8O3S2/c1-4-12-37-23-17(6-5-9-26-23)24(35)32-10-7-16(8-11-32)22-28-19(14-38-22)21(34)30-33-15(2)27-20-18(25(33)36)13-31(3)29-20/h4-6,9,13-14,16H,1,7-8,10-12H2,2-3H3,(H,30,34). The Bertz CT molecular complexity index is 1580. The zero-order valence-corrected chi connectivity index (χ0v) is 22.6. The number of carbonyl (C=O) groups is 2. The molecule has 196 valence electrons. The van der Waals surface area contributed by atoms with Crippen LogP contribution in [0.25, 0.3) is 11.0 Å². The fourth-order valence-corrected chi connectivity index (χ4v) is 6.05. The smallest absolute Gasteiger partial charge is 0.289 e. The first-order chi connectivity index (χ1) is 18.4.